The van der Waals surface area contributed by atoms with Crippen molar-refractivity contribution in [3.8, 4) is 0 Å². The second-order valence-electron chi connectivity index (χ2n) is 8.61. The minimum Gasteiger partial charge on any atom is -0.460 e. The number of hydrogen-bond donors (Lipinski definition) is 1. The van der Waals surface area contributed by atoms with Crippen molar-refractivity contribution in [3.63, 3.8) is 0 Å². The van der Waals surface area contributed by atoms with E-state index in [2.05, 4.69) is 5.32 Å². The molecule has 1 amide bonds. The molecular formula is C23H33NO4. The molecule has 1 saturated heterocycles. The molecule has 154 valence electrons. The summed E-state index contributed by atoms with van der Waals surface area (Å²) in [5, 5.41) is 3.02. The lowest BCUT2D eigenvalue weighted by Crippen LogP contribution is -2.45. The standard InChI is InChI=1S/C23H33NO4/c1-16(2)19-14-21(28-22(19)25)20(13-17-9-5-3-6-10-17)24-23(26)27-15-18-11-7-4-8-12-18/h4,7-8,11-12,16-17,19-21H,3,5-6,9-10,13-15H2,1-2H3,(H,24,26). The van der Waals surface area contributed by atoms with Crippen LogP contribution in [0.4, 0.5) is 4.79 Å². The lowest BCUT2D eigenvalue weighted by Gasteiger charge is -2.29. The number of nitrogens with one attached hydrogen (secondary N) is 1. The Labute approximate surface area is 168 Å². The molecule has 3 rings (SSSR count). The summed E-state index contributed by atoms with van der Waals surface area (Å²) in [4.78, 5) is 24.7. The average molecular weight is 388 g/mol. The number of amides is 1. The molecule has 0 bridgehead atoms. The molecule has 2 fully saturated rings. The second kappa shape index (κ2) is 9.94. The van der Waals surface area contributed by atoms with Gasteiger partial charge in [0.15, 0.2) is 0 Å². The number of alkyl carbamates (subject to hydrolysis) is 1. The first-order valence-electron chi connectivity index (χ1n) is 10.7. The van der Waals surface area contributed by atoms with Crippen LogP contribution in [0, 0.1) is 17.8 Å². The molecular weight excluding hydrogens is 354 g/mol. The van der Waals surface area contributed by atoms with Crippen LogP contribution < -0.4 is 5.32 Å². The van der Waals surface area contributed by atoms with Crippen molar-refractivity contribution in [2.75, 3.05) is 0 Å². The number of cyclic esters (lactones) is 1. The number of rotatable bonds is 7. The third kappa shape index (κ3) is 5.73. The van der Waals surface area contributed by atoms with Gasteiger partial charge in [-0.2, -0.15) is 0 Å². The molecule has 5 nitrogen and oxygen atoms in total. The van der Waals surface area contributed by atoms with Gasteiger partial charge in [0.1, 0.15) is 12.7 Å². The van der Waals surface area contributed by atoms with Crippen molar-refractivity contribution in [3.05, 3.63) is 35.9 Å². The Morgan fingerprint density at radius 1 is 1.18 bits per heavy atom. The van der Waals surface area contributed by atoms with Gasteiger partial charge in [-0.05, 0) is 30.2 Å². The topological polar surface area (TPSA) is 64.6 Å². The van der Waals surface area contributed by atoms with Crippen LogP contribution in [-0.2, 0) is 20.9 Å². The zero-order valence-corrected chi connectivity index (χ0v) is 17.1. The maximum atomic E-state index is 12.4. The summed E-state index contributed by atoms with van der Waals surface area (Å²) in [7, 11) is 0. The van der Waals surface area contributed by atoms with Gasteiger partial charge in [-0.3, -0.25) is 4.79 Å². The highest BCUT2D eigenvalue weighted by Gasteiger charge is 2.41. The molecule has 1 aliphatic carbocycles. The SMILES string of the molecule is CC(C)C1CC(C(CC2CCCCC2)NC(=O)OCc2ccccc2)OC1=O. The summed E-state index contributed by atoms with van der Waals surface area (Å²) in [6, 6.07) is 9.46. The van der Waals surface area contributed by atoms with Crippen LogP contribution >= 0.6 is 0 Å². The molecule has 1 aromatic carbocycles. The van der Waals surface area contributed by atoms with Crippen LogP contribution in [0.25, 0.3) is 0 Å². The lowest BCUT2D eigenvalue weighted by molar-refractivity contribution is -0.146. The Kier molecular flexibility index (Phi) is 7.35. The average Bonchev–Trinajstić information content (AvgIpc) is 3.09. The minimum atomic E-state index is -0.436. The van der Waals surface area contributed by atoms with Gasteiger partial charge in [0.2, 0.25) is 0 Å². The Morgan fingerprint density at radius 3 is 2.54 bits per heavy atom. The van der Waals surface area contributed by atoms with Crippen molar-refractivity contribution in [1.82, 2.24) is 5.32 Å². The van der Waals surface area contributed by atoms with Gasteiger partial charge in [-0.25, -0.2) is 4.79 Å². The van der Waals surface area contributed by atoms with E-state index in [1.165, 1.54) is 32.1 Å². The van der Waals surface area contributed by atoms with E-state index < -0.39 is 6.09 Å². The third-order valence-electron chi connectivity index (χ3n) is 6.14. The minimum absolute atomic E-state index is 0.0824. The van der Waals surface area contributed by atoms with Gasteiger partial charge in [0.25, 0.3) is 0 Å². The number of hydrogen-bond acceptors (Lipinski definition) is 4. The predicted octanol–water partition coefficient (Wildman–Crippen LogP) is 4.84. The van der Waals surface area contributed by atoms with E-state index >= 15 is 0 Å². The quantitative estimate of drug-likeness (QED) is 0.680. The summed E-state index contributed by atoms with van der Waals surface area (Å²) in [6.45, 7) is 4.33. The van der Waals surface area contributed by atoms with E-state index in [0.29, 0.717) is 12.3 Å². The molecule has 3 atom stereocenters. The number of carbonyl (C=O) groups excluding carboxylic acids is 2. The molecule has 1 N–H and O–H groups in total. The first kappa shape index (κ1) is 20.7. The van der Waals surface area contributed by atoms with Crippen LogP contribution in [0.15, 0.2) is 30.3 Å². The van der Waals surface area contributed by atoms with Gasteiger partial charge in [-0.1, -0.05) is 76.3 Å². The van der Waals surface area contributed by atoms with Crippen molar-refractivity contribution >= 4 is 12.1 Å². The number of carbonyl (C=O) groups is 2. The summed E-state index contributed by atoms with van der Waals surface area (Å²) in [6.07, 6.45) is 6.98. The van der Waals surface area contributed by atoms with Crippen LogP contribution in [0.1, 0.15) is 64.4 Å². The van der Waals surface area contributed by atoms with Crippen molar-refractivity contribution in [2.24, 2.45) is 17.8 Å². The molecule has 0 spiro atoms. The van der Waals surface area contributed by atoms with Crippen LogP contribution in [0.5, 0.6) is 0 Å². The van der Waals surface area contributed by atoms with Gasteiger partial charge in [0.05, 0.1) is 12.0 Å². The van der Waals surface area contributed by atoms with Gasteiger partial charge >= 0.3 is 12.1 Å². The molecule has 1 aliphatic heterocycles. The number of ether oxygens (including phenoxy) is 2. The van der Waals surface area contributed by atoms with E-state index in [-0.39, 0.29) is 36.6 Å². The second-order valence-corrected chi connectivity index (χ2v) is 8.61. The fourth-order valence-electron chi connectivity index (χ4n) is 4.42. The first-order valence-corrected chi connectivity index (χ1v) is 10.7. The summed E-state index contributed by atoms with van der Waals surface area (Å²) < 4.78 is 11.1. The fourth-order valence-corrected chi connectivity index (χ4v) is 4.42. The summed E-state index contributed by atoms with van der Waals surface area (Å²) in [5.41, 5.74) is 0.952. The highest BCUT2D eigenvalue weighted by atomic mass is 16.6. The van der Waals surface area contributed by atoms with Crippen LogP contribution in [0.3, 0.4) is 0 Å². The molecule has 3 unspecified atom stereocenters. The Balaban J connectivity index is 1.60. The van der Waals surface area contributed by atoms with Crippen molar-refractivity contribution < 1.29 is 19.1 Å². The molecule has 1 aromatic rings. The van der Waals surface area contributed by atoms with Gasteiger partial charge < -0.3 is 14.8 Å². The van der Waals surface area contributed by atoms with Crippen LogP contribution in [-0.4, -0.2) is 24.2 Å². The fraction of sp³-hybridized carbons (Fsp3) is 0.652. The molecule has 0 radical (unpaired) electrons. The van der Waals surface area contributed by atoms with Crippen molar-refractivity contribution in [2.45, 2.75) is 77.5 Å². The Morgan fingerprint density at radius 2 is 1.89 bits per heavy atom. The smallest absolute Gasteiger partial charge is 0.407 e. The highest BCUT2D eigenvalue weighted by Crippen LogP contribution is 2.34. The van der Waals surface area contributed by atoms with Gasteiger partial charge in [0, 0.05) is 0 Å². The molecule has 5 heteroatoms. The highest BCUT2D eigenvalue weighted by molar-refractivity contribution is 5.75. The third-order valence-corrected chi connectivity index (χ3v) is 6.14. The normalized spacial score (nSPS) is 24.0. The summed E-state index contributed by atoms with van der Waals surface area (Å²) >= 11 is 0. The van der Waals surface area contributed by atoms with E-state index in [9.17, 15) is 9.59 Å². The largest absolute Gasteiger partial charge is 0.460 e. The maximum absolute atomic E-state index is 12.4. The number of benzene rings is 1. The van der Waals surface area contributed by atoms with Crippen molar-refractivity contribution in [1.29, 1.82) is 0 Å². The zero-order chi connectivity index (χ0) is 19.9. The first-order chi connectivity index (χ1) is 13.5. The van der Waals surface area contributed by atoms with E-state index in [1.54, 1.807) is 0 Å². The van der Waals surface area contributed by atoms with E-state index in [1.807, 2.05) is 44.2 Å². The molecule has 0 aromatic heterocycles. The Hall–Kier alpha value is -2.04. The van der Waals surface area contributed by atoms with Crippen LogP contribution in [0.2, 0.25) is 0 Å². The molecule has 2 aliphatic rings. The lowest BCUT2D eigenvalue weighted by atomic mass is 9.82. The number of esters is 1. The maximum Gasteiger partial charge on any atom is 0.407 e. The molecule has 1 heterocycles. The molecule has 28 heavy (non-hydrogen) atoms. The summed E-state index contributed by atoms with van der Waals surface area (Å²) in [5.74, 6) is 0.608. The zero-order valence-electron chi connectivity index (χ0n) is 17.1. The van der Waals surface area contributed by atoms with Gasteiger partial charge in [-0.15, -0.1) is 0 Å². The predicted molar refractivity (Wildman–Crippen MR) is 108 cm³/mol. The van der Waals surface area contributed by atoms with E-state index in [0.717, 1.165) is 12.0 Å². The molecule has 1 saturated carbocycles. The Bertz CT molecular complexity index is 639. The van der Waals surface area contributed by atoms with E-state index in [4.69, 9.17) is 9.47 Å². The monoisotopic (exact) mass is 387 g/mol.